The molecule has 5 heteroatoms. The molecule has 0 fully saturated rings. The van der Waals surface area contributed by atoms with E-state index in [1.807, 2.05) is 18.2 Å². The fraction of sp³-hybridized carbons (Fsp3) is 0.400. The number of aromatic nitrogens is 1. The van der Waals surface area contributed by atoms with Crippen molar-refractivity contribution in [2.75, 3.05) is 13.6 Å². The fourth-order valence-corrected chi connectivity index (χ4v) is 1.47. The van der Waals surface area contributed by atoms with Gasteiger partial charge in [-0.1, -0.05) is 6.07 Å². The number of nitrogens with zero attached hydrogens (tertiary/aromatic N) is 1. The number of carbonyl (C=O) groups is 1. The van der Waals surface area contributed by atoms with Crippen molar-refractivity contribution in [1.29, 1.82) is 0 Å². The Morgan fingerprint density at radius 1 is 1.53 bits per heavy atom. The highest BCUT2D eigenvalue weighted by molar-refractivity contribution is 9.10. The Balaban J connectivity index is 2.23. The summed E-state index contributed by atoms with van der Waals surface area (Å²) in [7, 11) is 1.64. The van der Waals surface area contributed by atoms with Crippen molar-refractivity contribution in [3.63, 3.8) is 0 Å². The Hall–Kier alpha value is -0.940. The maximum absolute atomic E-state index is 10.9. The van der Waals surface area contributed by atoms with E-state index < -0.39 is 0 Å². The molecule has 0 saturated heterocycles. The first-order valence-electron chi connectivity index (χ1n) is 4.75. The molecule has 0 aliphatic carbocycles. The van der Waals surface area contributed by atoms with E-state index >= 15 is 0 Å². The van der Waals surface area contributed by atoms with Crippen molar-refractivity contribution in [2.24, 2.45) is 0 Å². The maximum atomic E-state index is 10.9. The van der Waals surface area contributed by atoms with Gasteiger partial charge in [0.25, 0.3) is 0 Å². The van der Waals surface area contributed by atoms with Gasteiger partial charge in [-0.25, -0.2) is 4.98 Å². The fourth-order valence-electron chi connectivity index (χ4n) is 1.09. The van der Waals surface area contributed by atoms with Gasteiger partial charge >= 0.3 is 0 Å². The third-order valence-corrected chi connectivity index (χ3v) is 2.33. The SMILES string of the molecule is CNC(=O)CCNCc1cccc(Br)n1. The Kier molecular flexibility index (Phi) is 5.28. The van der Waals surface area contributed by atoms with Crippen molar-refractivity contribution in [3.8, 4) is 0 Å². The summed E-state index contributed by atoms with van der Waals surface area (Å²) in [6, 6.07) is 5.76. The minimum Gasteiger partial charge on any atom is -0.359 e. The minimum atomic E-state index is 0.0460. The third-order valence-electron chi connectivity index (χ3n) is 1.89. The summed E-state index contributed by atoms with van der Waals surface area (Å²) < 4.78 is 0.827. The zero-order valence-electron chi connectivity index (χ0n) is 8.59. The van der Waals surface area contributed by atoms with Crippen LogP contribution in [-0.4, -0.2) is 24.5 Å². The van der Waals surface area contributed by atoms with Gasteiger partial charge in [-0.05, 0) is 28.1 Å². The number of nitrogens with one attached hydrogen (secondary N) is 2. The van der Waals surface area contributed by atoms with E-state index in [-0.39, 0.29) is 5.91 Å². The van der Waals surface area contributed by atoms with E-state index in [1.165, 1.54) is 0 Å². The largest absolute Gasteiger partial charge is 0.359 e. The Bertz CT molecular complexity index is 330. The number of hydrogen-bond acceptors (Lipinski definition) is 3. The van der Waals surface area contributed by atoms with Crippen LogP contribution in [0.2, 0.25) is 0 Å². The number of hydrogen-bond donors (Lipinski definition) is 2. The number of rotatable bonds is 5. The zero-order chi connectivity index (χ0) is 11.1. The summed E-state index contributed by atoms with van der Waals surface area (Å²) in [5, 5.41) is 5.72. The molecule has 0 radical (unpaired) electrons. The van der Waals surface area contributed by atoms with Crippen LogP contribution in [0, 0.1) is 0 Å². The molecule has 0 atom stereocenters. The molecule has 0 spiro atoms. The van der Waals surface area contributed by atoms with Crippen LogP contribution in [0.1, 0.15) is 12.1 Å². The summed E-state index contributed by atoms with van der Waals surface area (Å²) in [6.07, 6.45) is 0.491. The first kappa shape index (κ1) is 12.1. The lowest BCUT2D eigenvalue weighted by Gasteiger charge is -2.03. The molecule has 0 bridgehead atoms. The van der Waals surface area contributed by atoms with Gasteiger partial charge in [0, 0.05) is 26.6 Å². The molecular weight excluding hydrogens is 258 g/mol. The second kappa shape index (κ2) is 6.53. The summed E-state index contributed by atoms with van der Waals surface area (Å²) in [5.74, 6) is 0.0460. The van der Waals surface area contributed by atoms with Crippen LogP contribution in [0.15, 0.2) is 22.8 Å². The molecule has 1 rings (SSSR count). The molecule has 1 aromatic rings. The minimum absolute atomic E-state index is 0.0460. The van der Waals surface area contributed by atoms with Crippen LogP contribution in [0.3, 0.4) is 0 Å². The number of amides is 1. The first-order chi connectivity index (χ1) is 7.22. The molecular formula is C10H14BrN3O. The van der Waals surface area contributed by atoms with Gasteiger partial charge in [0.15, 0.2) is 0 Å². The number of carbonyl (C=O) groups excluding carboxylic acids is 1. The van der Waals surface area contributed by atoms with Crippen LogP contribution in [0.25, 0.3) is 0 Å². The van der Waals surface area contributed by atoms with E-state index in [0.717, 1.165) is 10.3 Å². The summed E-state index contributed by atoms with van der Waals surface area (Å²) >= 11 is 3.30. The average Bonchev–Trinajstić information content (AvgIpc) is 2.24. The molecule has 0 unspecified atom stereocenters. The first-order valence-corrected chi connectivity index (χ1v) is 5.54. The topological polar surface area (TPSA) is 54.0 Å². The van der Waals surface area contributed by atoms with Gasteiger partial charge < -0.3 is 10.6 Å². The van der Waals surface area contributed by atoms with Crippen molar-refractivity contribution < 1.29 is 4.79 Å². The highest BCUT2D eigenvalue weighted by atomic mass is 79.9. The predicted molar refractivity (Wildman–Crippen MR) is 62.3 cm³/mol. The van der Waals surface area contributed by atoms with E-state index in [4.69, 9.17) is 0 Å². The smallest absolute Gasteiger partial charge is 0.221 e. The molecule has 4 nitrogen and oxygen atoms in total. The predicted octanol–water partition coefficient (Wildman–Crippen LogP) is 1.07. The van der Waals surface area contributed by atoms with Gasteiger partial charge in [-0.15, -0.1) is 0 Å². The van der Waals surface area contributed by atoms with Crippen molar-refractivity contribution >= 4 is 21.8 Å². The summed E-state index contributed by atoms with van der Waals surface area (Å²) in [6.45, 7) is 1.34. The Morgan fingerprint density at radius 2 is 2.33 bits per heavy atom. The molecule has 0 saturated carbocycles. The molecule has 0 aliphatic heterocycles. The van der Waals surface area contributed by atoms with Crippen LogP contribution >= 0.6 is 15.9 Å². The molecule has 1 aromatic heterocycles. The average molecular weight is 272 g/mol. The van der Waals surface area contributed by atoms with Gasteiger partial charge in [0.2, 0.25) is 5.91 Å². The number of halogens is 1. The maximum Gasteiger partial charge on any atom is 0.221 e. The van der Waals surface area contributed by atoms with Gasteiger partial charge in [-0.2, -0.15) is 0 Å². The molecule has 2 N–H and O–H groups in total. The Labute approximate surface area is 97.6 Å². The van der Waals surface area contributed by atoms with Crippen LogP contribution in [-0.2, 0) is 11.3 Å². The quantitative estimate of drug-likeness (QED) is 0.622. The molecule has 15 heavy (non-hydrogen) atoms. The van der Waals surface area contributed by atoms with E-state index in [9.17, 15) is 4.79 Å². The van der Waals surface area contributed by atoms with E-state index in [2.05, 4.69) is 31.5 Å². The van der Waals surface area contributed by atoms with E-state index in [0.29, 0.717) is 19.5 Å². The van der Waals surface area contributed by atoms with Crippen molar-refractivity contribution in [3.05, 3.63) is 28.5 Å². The van der Waals surface area contributed by atoms with E-state index in [1.54, 1.807) is 7.05 Å². The van der Waals surface area contributed by atoms with Gasteiger partial charge in [-0.3, -0.25) is 4.79 Å². The van der Waals surface area contributed by atoms with Crippen molar-refractivity contribution in [1.82, 2.24) is 15.6 Å². The second-order valence-electron chi connectivity index (χ2n) is 3.05. The van der Waals surface area contributed by atoms with Gasteiger partial charge in [0.05, 0.1) is 5.69 Å². The van der Waals surface area contributed by atoms with Crippen molar-refractivity contribution in [2.45, 2.75) is 13.0 Å². The summed E-state index contributed by atoms with van der Waals surface area (Å²) in [5.41, 5.74) is 0.960. The van der Waals surface area contributed by atoms with Crippen LogP contribution < -0.4 is 10.6 Å². The molecule has 1 amide bonds. The molecule has 1 heterocycles. The monoisotopic (exact) mass is 271 g/mol. The third kappa shape index (κ3) is 4.90. The van der Waals surface area contributed by atoms with Crippen LogP contribution in [0.4, 0.5) is 0 Å². The Morgan fingerprint density at radius 3 is 3.00 bits per heavy atom. The lowest BCUT2D eigenvalue weighted by atomic mass is 10.3. The molecule has 0 aliphatic rings. The molecule has 0 aromatic carbocycles. The summed E-state index contributed by atoms with van der Waals surface area (Å²) in [4.78, 5) is 15.2. The normalized spacial score (nSPS) is 10.0. The standard InChI is InChI=1S/C10H14BrN3O/c1-12-10(15)5-6-13-7-8-3-2-4-9(11)14-8/h2-4,13H,5-7H2,1H3,(H,12,15). The highest BCUT2D eigenvalue weighted by Crippen LogP contribution is 2.05. The number of pyridine rings is 1. The highest BCUT2D eigenvalue weighted by Gasteiger charge is 1.98. The zero-order valence-corrected chi connectivity index (χ0v) is 10.2. The molecule has 82 valence electrons. The lowest BCUT2D eigenvalue weighted by molar-refractivity contribution is -0.120. The lowest BCUT2D eigenvalue weighted by Crippen LogP contribution is -2.24. The van der Waals surface area contributed by atoms with Crippen LogP contribution in [0.5, 0.6) is 0 Å². The van der Waals surface area contributed by atoms with Gasteiger partial charge in [0.1, 0.15) is 4.60 Å². The second-order valence-corrected chi connectivity index (χ2v) is 3.86.